The number of allylic oxidation sites excluding steroid dienone is 2. The molecular weight excluding hydrogens is 479 g/mol. The van der Waals surface area contributed by atoms with E-state index in [1.807, 2.05) is 42.5 Å². The Labute approximate surface area is 216 Å². The minimum atomic E-state index is -4.62. The fourth-order valence-electron chi connectivity index (χ4n) is 5.28. The van der Waals surface area contributed by atoms with Crippen molar-refractivity contribution in [2.24, 2.45) is 5.92 Å². The van der Waals surface area contributed by atoms with Gasteiger partial charge < -0.3 is 0 Å². The van der Waals surface area contributed by atoms with Crippen molar-refractivity contribution in [2.75, 3.05) is 0 Å². The SMILES string of the molecule is CCCCCc1ccc(-c2ccc(-c3ccc(C4CCC(/C(F)=C/C(F)(F)F)CC4)cc3)c(F)c2)cc1. The van der Waals surface area contributed by atoms with Crippen LogP contribution in [0.5, 0.6) is 0 Å². The number of alkyl halides is 3. The molecule has 0 bridgehead atoms. The Morgan fingerprint density at radius 3 is 2.03 bits per heavy atom. The van der Waals surface area contributed by atoms with Crippen molar-refractivity contribution in [2.45, 2.75) is 70.4 Å². The number of hydrogen-bond acceptors (Lipinski definition) is 0. The van der Waals surface area contributed by atoms with E-state index >= 15 is 4.39 Å². The summed E-state index contributed by atoms with van der Waals surface area (Å²) in [5.74, 6) is -1.85. The molecule has 3 aromatic carbocycles. The Morgan fingerprint density at radius 2 is 1.43 bits per heavy atom. The lowest BCUT2D eigenvalue weighted by molar-refractivity contribution is -0.0820. The first kappa shape index (κ1) is 27.1. The van der Waals surface area contributed by atoms with Crippen LogP contribution in [0.25, 0.3) is 22.3 Å². The van der Waals surface area contributed by atoms with Crippen molar-refractivity contribution < 1.29 is 22.0 Å². The smallest absolute Gasteiger partial charge is 0.212 e. The van der Waals surface area contributed by atoms with Crippen LogP contribution in [0, 0.1) is 11.7 Å². The molecule has 0 saturated heterocycles. The lowest BCUT2D eigenvalue weighted by atomic mass is 9.78. The molecule has 0 heterocycles. The number of hydrogen-bond donors (Lipinski definition) is 0. The molecule has 0 unspecified atom stereocenters. The largest absolute Gasteiger partial charge is 0.412 e. The zero-order valence-electron chi connectivity index (χ0n) is 21.1. The van der Waals surface area contributed by atoms with E-state index in [0.29, 0.717) is 31.2 Å². The highest BCUT2D eigenvalue weighted by Gasteiger charge is 2.30. The predicted molar refractivity (Wildman–Crippen MR) is 140 cm³/mol. The van der Waals surface area contributed by atoms with Crippen LogP contribution in [0.15, 0.2) is 78.6 Å². The average molecular weight is 513 g/mol. The van der Waals surface area contributed by atoms with Gasteiger partial charge in [-0.2, -0.15) is 13.2 Å². The Balaban J connectivity index is 1.39. The van der Waals surface area contributed by atoms with Crippen LogP contribution in [-0.2, 0) is 6.42 Å². The van der Waals surface area contributed by atoms with Crippen molar-refractivity contribution in [3.63, 3.8) is 0 Å². The van der Waals surface area contributed by atoms with Crippen LogP contribution < -0.4 is 0 Å². The molecule has 5 heteroatoms. The van der Waals surface area contributed by atoms with Gasteiger partial charge in [-0.15, -0.1) is 0 Å². The molecule has 196 valence electrons. The van der Waals surface area contributed by atoms with Gasteiger partial charge in [0.05, 0.1) is 6.08 Å². The minimum absolute atomic E-state index is 0.168. The maximum absolute atomic E-state index is 15.1. The summed E-state index contributed by atoms with van der Waals surface area (Å²) in [4.78, 5) is 0. The van der Waals surface area contributed by atoms with E-state index in [9.17, 15) is 17.6 Å². The molecule has 37 heavy (non-hydrogen) atoms. The summed E-state index contributed by atoms with van der Waals surface area (Å²) < 4.78 is 66.3. The molecular formula is C32H33F5. The molecule has 0 radical (unpaired) electrons. The van der Waals surface area contributed by atoms with E-state index in [2.05, 4.69) is 19.1 Å². The second-order valence-electron chi connectivity index (χ2n) is 10.1. The first-order chi connectivity index (χ1) is 17.7. The van der Waals surface area contributed by atoms with E-state index in [0.717, 1.165) is 28.7 Å². The first-order valence-corrected chi connectivity index (χ1v) is 13.2. The zero-order valence-corrected chi connectivity index (χ0v) is 21.1. The van der Waals surface area contributed by atoms with Crippen LogP contribution >= 0.6 is 0 Å². The van der Waals surface area contributed by atoms with E-state index < -0.39 is 17.9 Å². The Kier molecular flexibility index (Phi) is 8.83. The van der Waals surface area contributed by atoms with Crippen LogP contribution in [0.4, 0.5) is 22.0 Å². The molecule has 1 aliphatic rings. The Bertz CT molecular complexity index is 1180. The standard InChI is InChI=1S/C32H33F5/c1-2-3-4-5-22-6-8-25(9-7-22)28-18-19-29(30(33)20-28)26-14-10-23(11-15-26)24-12-16-27(17-13-24)31(34)21-32(35,36)37/h6-11,14-15,18-21,24,27H,2-5,12-13,16-17H2,1H3/b31-21-. The summed E-state index contributed by atoms with van der Waals surface area (Å²) in [7, 11) is 0. The summed E-state index contributed by atoms with van der Waals surface area (Å²) in [6.07, 6.45) is 1.86. The Morgan fingerprint density at radius 1 is 0.811 bits per heavy atom. The van der Waals surface area contributed by atoms with Crippen LogP contribution in [0.3, 0.4) is 0 Å². The highest BCUT2D eigenvalue weighted by atomic mass is 19.4. The molecule has 0 aliphatic heterocycles. The zero-order chi connectivity index (χ0) is 26.4. The monoisotopic (exact) mass is 512 g/mol. The van der Waals surface area contributed by atoms with Crippen molar-refractivity contribution in [1.29, 1.82) is 0 Å². The van der Waals surface area contributed by atoms with Gasteiger partial charge in [-0.05, 0) is 78.3 Å². The second kappa shape index (κ2) is 12.1. The first-order valence-electron chi connectivity index (χ1n) is 13.2. The van der Waals surface area contributed by atoms with Crippen molar-refractivity contribution in [1.82, 2.24) is 0 Å². The third-order valence-electron chi connectivity index (χ3n) is 7.44. The molecule has 0 nitrogen and oxygen atoms in total. The van der Waals surface area contributed by atoms with E-state index in [4.69, 9.17) is 0 Å². The summed E-state index contributed by atoms with van der Waals surface area (Å²) in [5, 5.41) is 0. The lowest BCUT2D eigenvalue weighted by Crippen LogP contribution is -2.15. The van der Waals surface area contributed by atoms with Gasteiger partial charge in [0.25, 0.3) is 0 Å². The van der Waals surface area contributed by atoms with Crippen LogP contribution in [-0.4, -0.2) is 6.18 Å². The molecule has 0 amide bonds. The second-order valence-corrected chi connectivity index (χ2v) is 10.1. The van der Waals surface area contributed by atoms with Gasteiger partial charge in [0.15, 0.2) is 0 Å². The summed E-state index contributed by atoms with van der Waals surface area (Å²) in [5.41, 5.74) is 5.46. The maximum Gasteiger partial charge on any atom is 0.412 e. The summed E-state index contributed by atoms with van der Waals surface area (Å²) in [6.45, 7) is 2.19. The molecule has 0 atom stereocenters. The highest BCUT2D eigenvalue weighted by molar-refractivity contribution is 5.71. The molecule has 0 N–H and O–H groups in total. The molecule has 1 fully saturated rings. The van der Waals surface area contributed by atoms with E-state index in [-0.39, 0.29) is 17.8 Å². The highest BCUT2D eigenvalue weighted by Crippen LogP contribution is 2.40. The maximum atomic E-state index is 15.1. The van der Waals surface area contributed by atoms with Gasteiger partial charge in [0.1, 0.15) is 11.6 Å². The van der Waals surface area contributed by atoms with E-state index in [1.165, 1.54) is 24.8 Å². The van der Waals surface area contributed by atoms with Gasteiger partial charge in [-0.1, -0.05) is 80.4 Å². The topological polar surface area (TPSA) is 0 Å². The molecule has 4 rings (SSSR count). The summed E-state index contributed by atoms with van der Waals surface area (Å²) >= 11 is 0. The van der Waals surface area contributed by atoms with Gasteiger partial charge in [-0.3, -0.25) is 0 Å². The summed E-state index contributed by atoms with van der Waals surface area (Å²) in [6, 6.07) is 21.3. The fraction of sp³-hybridized carbons (Fsp3) is 0.375. The molecule has 1 aliphatic carbocycles. The number of aryl methyl sites for hydroxylation is 1. The number of rotatable bonds is 8. The van der Waals surface area contributed by atoms with E-state index in [1.54, 1.807) is 12.1 Å². The lowest BCUT2D eigenvalue weighted by Gasteiger charge is -2.28. The van der Waals surface area contributed by atoms with Crippen molar-refractivity contribution >= 4 is 0 Å². The molecule has 3 aromatic rings. The van der Waals surface area contributed by atoms with Crippen LogP contribution in [0.2, 0.25) is 0 Å². The van der Waals surface area contributed by atoms with Gasteiger partial charge in [-0.25, -0.2) is 8.78 Å². The Hall–Kier alpha value is -2.95. The molecule has 0 spiro atoms. The van der Waals surface area contributed by atoms with Gasteiger partial charge in [0, 0.05) is 11.5 Å². The normalized spacial score (nSPS) is 18.7. The molecule has 0 aromatic heterocycles. The minimum Gasteiger partial charge on any atom is -0.212 e. The third-order valence-corrected chi connectivity index (χ3v) is 7.44. The average Bonchev–Trinajstić information content (AvgIpc) is 2.88. The fourth-order valence-corrected chi connectivity index (χ4v) is 5.28. The van der Waals surface area contributed by atoms with Crippen molar-refractivity contribution in [3.8, 4) is 22.3 Å². The number of benzene rings is 3. The third kappa shape index (κ3) is 7.30. The van der Waals surface area contributed by atoms with Crippen LogP contribution in [0.1, 0.15) is 68.9 Å². The quantitative estimate of drug-likeness (QED) is 0.208. The predicted octanol–water partition coefficient (Wildman–Crippen LogP) is 10.6. The number of unbranched alkanes of at least 4 members (excludes halogenated alkanes) is 2. The molecule has 1 saturated carbocycles. The van der Waals surface area contributed by atoms with Gasteiger partial charge in [0.2, 0.25) is 0 Å². The van der Waals surface area contributed by atoms with Crippen molar-refractivity contribution in [3.05, 3.63) is 95.6 Å². The number of halogens is 5. The van der Waals surface area contributed by atoms with Gasteiger partial charge >= 0.3 is 6.18 Å².